The van der Waals surface area contributed by atoms with Crippen LogP contribution in [0.1, 0.15) is 33.9 Å². The van der Waals surface area contributed by atoms with Gasteiger partial charge in [0.25, 0.3) is 0 Å². The van der Waals surface area contributed by atoms with Crippen molar-refractivity contribution < 1.29 is 5.11 Å². The number of aliphatic hydroxyl groups excluding tert-OH is 1. The molecule has 0 bridgehead atoms. The van der Waals surface area contributed by atoms with Crippen molar-refractivity contribution >= 4 is 5.82 Å². The second-order valence-electron chi connectivity index (χ2n) is 4.80. The van der Waals surface area contributed by atoms with E-state index in [0.29, 0.717) is 11.4 Å². The molecule has 1 heterocycles. The maximum absolute atomic E-state index is 10.4. The minimum absolute atomic E-state index is 0.500. The van der Waals surface area contributed by atoms with Crippen LogP contribution in [0.5, 0.6) is 0 Å². The predicted octanol–water partition coefficient (Wildman–Crippen LogP) is 2.01. The minimum atomic E-state index is -0.724. The van der Waals surface area contributed by atoms with Crippen molar-refractivity contribution in [3.8, 4) is 0 Å². The molecule has 2 aromatic rings. The summed E-state index contributed by atoms with van der Waals surface area (Å²) in [6, 6.07) is 4.10. The van der Waals surface area contributed by atoms with Gasteiger partial charge < -0.3 is 10.8 Å². The van der Waals surface area contributed by atoms with Crippen molar-refractivity contribution in [2.45, 2.75) is 26.9 Å². The Balaban J connectivity index is 2.49. The molecule has 4 nitrogen and oxygen atoms in total. The highest BCUT2D eigenvalue weighted by Gasteiger charge is 2.19. The molecule has 1 atom stereocenters. The topological polar surface area (TPSA) is 64.1 Å². The smallest absolute Gasteiger partial charge is 0.127 e. The standard InChI is InChI=1S/C14H19N3O/c1-8-5-10(3)11(6-9(8)2)13(18)12-7-16-17(4)14(12)15/h5-7,13,18H,15H2,1-4H3. The van der Waals surface area contributed by atoms with Crippen LogP contribution in [0.4, 0.5) is 5.82 Å². The Labute approximate surface area is 107 Å². The van der Waals surface area contributed by atoms with E-state index in [4.69, 9.17) is 5.73 Å². The quantitative estimate of drug-likeness (QED) is 0.850. The van der Waals surface area contributed by atoms with Gasteiger partial charge in [-0.1, -0.05) is 12.1 Å². The first-order valence-corrected chi connectivity index (χ1v) is 5.95. The average molecular weight is 245 g/mol. The first-order chi connectivity index (χ1) is 8.41. The van der Waals surface area contributed by atoms with Gasteiger partial charge in [-0.15, -0.1) is 0 Å². The van der Waals surface area contributed by atoms with Crippen molar-refractivity contribution in [2.75, 3.05) is 5.73 Å². The number of nitrogens with two attached hydrogens (primary N) is 1. The van der Waals surface area contributed by atoms with Crippen LogP contribution in [-0.2, 0) is 7.05 Å². The van der Waals surface area contributed by atoms with Crippen molar-refractivity contribution in [3.05, 3.63) is 46.1 Å². The van der Waals surface area contributed by atoms with E-state index in [1.807, 2.05) is 19.9 Å². The fraction of sp³-hybridized carbons (Fsp3) is 0.357. The van der Waals surface area contributed by atoms with Gasteiger partial charge in [-0.25, -0.2) is 0 Å². The summed E-state index contributed by atoms with van der Waals surface area (Å²) in [5, 5.41) is 14.5. The first kappa shape index (κ1) is 12.6. The molecular weight excluding hydrogens is 226 g/mol. The van der Waals surface area contributed by atoms with Crippen LogP contribution in [-0.4, -0.2) is 14.9 Å². The number of hydrogen-bond donors (Lipinski definition) is 2. The Morgan fingerprint density at radius 3 is 2.28 bits per heavy atom. The Kier molecular flexibility index (Phi) is 3.13. The van der Waals surface area contributed by atoms with E-state index in [-0.39, 0.29) is 0 Å². The number of benzene rings is 1. The Morgan fingerprint density at radius 1 is 1.11 bits per heavy atom. The molecule has 0 fully saturated rings. The lowest BCUT2D eigenvalue weighted by Crippen LogP contribution is -2.06. The highest BCUT2D eigenvalue weighted by molar-refractivity contribution is 5.47. The maximum Gasteiger partial charge on any atom is 0.127 e. The molecule has 1 aromatic heterocycles. The second kappa shape index (κ2) is 4.46. The number of aryl methyl sites for hydroxylation is 4. The van der Waals surface area contributed by atoms with Crippen molar-refractivity contribution in [3.63, 3.8) is 0 Å². The number of aromatic nitrogens is 2. The molecule has 3 N–H and O–H groups in total. The molecule has 0 saturated heterocycles. The SMILES string of the molecule is Cc1cc(C)c(C(O)c2cnn(C)c2N)cc1C. The Hall–Kier alpha value is -1.81. The number of nitrogens with zero attached hydrogens (tertiary/aromatic N) is 2. The molecule has 2 rings (SSSR count). The average Bonchev–Trinajstić information content (AvgIpc) is 2.64. The van der Waals surface area contributed by atoms with Crippen LogP contribution in [0.3, 0.4) is 0 Å². The monoisotopic (exact) mass is 245 g/mol. The fourth-order valence-electron chi connectivity index (χ4n) is 2.12. The highest BCUT2D eigenvalue weighted by atomic mass is 16.3. The van der Waals surface area contributed by atoms with Crippen LogP contribution in [0.25, 0.3) is 0 Å². The van der Waals surface area contributed by atoms with E-state index in [0.717, 1.165) is 16.7 Å². The third-order valence-electron chi connectivity index (χ3n) is 3.49. The summed E-state index contributed by atoms with van der Waals surface area (Å²) in [5.41, 5.74) is 10.9. The Bertz CT molecular complexity index is 587. The lowest BCUT2D eigenvalue weighted by atomic mass is 9.94. The predicted molar refractivity (Wildman–Crippen MR) is 72.3 cm³/mol. The van der Waals surface area contributed by atoms with Gasteiger partial charge in [-0.3, -0.25) is 4.68 Å². The third kappa shape index (κ3) is 1.99. The van der Waals surface area contributed by atoms with Crippen LogP contribution in [0, 0.1) is 20.8 Å². The summed E-state index contributed by atoms with van der Waals surface area (Å²) in [4.78, 5) is 0. The second-order valence-corrected chi connectivity index (χ2v) is 4.80. The van der Waals surface area contributed by atoms with Crippen LogP contribution < -0.4 is 5.73 Å². The molecule has 4 heteroatoms. The molecule has 18 heavy (non-hydrogen) atoms. The first-order valence-electron chi connectivity index (χ1n) is 5.95. The van der Waals surface area contributed by atoms with Crippen molar-refractivity contribution in [1.82, 2.24) is 9.78 Å². The molecule has 0 amide bonds. The molecular formula is C14H19N3O. The molecule has 1 unspecified atom stereocenters. The van der Waals surface area contributed by atoms with Gasteiger partial charge >= 0.3 is 0 Å². The molecule has 1 aromatic carbocycles. The van der Waals surface area contributed by atoms with E-state index in [9.17, 15) is 5.11 Å². The fourth-order valence-corrected chi connectivity index (χ4v) is 2.12. The minimum Gasteiger partial charge on any atom is -0.384 e. The zero-order chi connectivity index (χ0) is 13.4. The van der Waals surface area contributed by atoms with Crippen LogP contribution in [0.15, 0.2) is 18.3 Å². The van der Waals surface area contributed by atoms with Crippen LogP contribution >= 0.6 is 0 Å². The van der Waals surface area contributed by atoms with Gasteiger partial charge in [0.15, 0.2) is 0 Å². The Morgan fingerprint density at radius 2 is 1.72 bits per heavy atom. The lowest BCUT2D eigenvalue weighted by Gasteiger charge is -2.15. The molecule has 96 valence electrons. The van der Waals surface area contributed by atoms with Gasteiger partial charge in [0.05, 0.1) is 6.20 Å². The number of anilines is 1. The largest absolute Gasteiger partial charge is 0.384 e. The van der Waals surface area contributed by atoms with Crippen molar-refractivity contribution in [1.29, 1.82) is 0 Å². The van der Waals surface area contributed by atoms with Crippen molar-refractivity contribution in [2.24, 2.45) is 7.05 Å². The summed E-state index contributed by atoms with van der Waals surface area (Å²) in [6.07, 6.45) is 0.896. The number of aliphatic hydroxyl groups is 1. The van der Waals surface area contributed by atoms with Gasteiger partial charge in [0.2, 0.25) is 0 Å². The number of hydrogen-bond acceptors (Lipinski definition) is 3. The van der Waals surface area contributed by atoms with E-state index in [2.05, 4.69) is 18.1 Å². The van der Waals surface area contributed by atoms with Gasteiger partial charge in [0.1, 0.15) is 11.9 Å². The van der Waals surface area contributed by atoms with E-state index in [1.165, 1.54) is 5.56 Å². The number of nitrogen functional groups attached to an aromatic ring is 1. The number of rotatable bonds is 2. The summed E-state index contributed by atoms with van der Waals surface area (Å²) < 4.78 is 1.56. The molecule has 0 aliphatic heterocycles. The summed E-state index contributed by atoms with van der Waals surface area (Å²) in [6.45, 7) is 6.10. The van der Waals surface area contributed by atoms with Gasteiger partial charge in [-0.05, 0) is 43.0 Å². The summed E-state index contributed by atoms with van der Waals surface area (Å²) in [5.74, 6) is 0.500. The van der Waals surface area contributed by atoms with E-state index >= 15 is 0 Å². The zero-order valence-electron chi connectivity index (χ0n) is 11.2. The highest BCUT2D eigenvalue weighted by Crippen LogP contribution is 2.29. The third-order valence-corrected chi connectivity index (χ3v) is 3.49. The van der Waals surface area contributed by atoms with E-state index < -0.39 is 6.10 Å². The molecule has 0 aliphatic carbocycles. The molecule has 0 saturated carbocycles. The summed E-state index contributed by atoms with van der Waals surface area (Å²) in [7, 11) is 1.76. The summed E-state index contributed by atoms with van der Waals surface area (Å²) >= 11 is 0. The van der Waals surface area contributed by atoms with Crippen LogP contribution in [0.2, 0.25) is 0 Å². The molecule has 0 aliphatic rings. The lowest BCUT2D eigenvalue weighted by molar-refractivity contribution is 0.220. The van der Waals surface area contributed by atoms with Gasteiger partial charge in [-0.2, -0.15) is 5.10 Å². The zero-order valence-corrected chi connectivity index (χ0v) is 11.2. The maximum atomic E-state index is 10.4. The molecule has 0 radical (unpaired) electrons. The van der Waals surface area contributed by atoms with Gasteiger partial charge in [0, 0.05) is 12.6 Å². The van der Waals surface area contributed by atoms with E-state index in [1.54, 1.807) is 17.9 Å². The molecule has 0 spiro atoms. The normalized spacial score (nSPS) is 12.7.